The number of nitrogens with zero attached hydrogens (tertiary/aromatic N) is 3. The Balaban J connectivity index is 2.14. The Morgan fingerprint density at radius 1 is 1.50 bits per heavy atom. The molecule has 1 aliphatic rings. The van der Waals surface area contributed by atoms with Crippen molar-refractivity contribution in [3.63, 3.8) is 0 Å². The van der Waals surface area contributed by atoms with E-state index >= 15 is 0 Å². The van der Waals surface area contributed by atoms with Crippen LogP contribution in [0.2, 0.25) is 0 Å². The second-order valence-electron chi connectivity index (χ2n) is 4.76. The number of carboxylic acids is 1. The zero-order chi connectivity index (χ0) is 13.3. The van der Waals surface area contributed by atoms with E-state index in [1.54, 1.807) is 22.8 Å². The fourth-order valence-corrected chi connectivity index (χ4v) is 2.33. The Morgan fingerprint density at radius 2 is 2.22 bits per heavy atom. The van der Waals surface area contributed by atoms with Gasteiger partial charge in [0.2, 0.25) is 0 Å². The van der Waals surface area contributed by atoms with Crippen LogP contribution < -0.4 is 0 Å². The van der Waals surface area contributed by atoms with Gasteiger partial charge in [-0.1, -0.05) is 0 Å². The van der Waals surface area contributed by atoms with Crippen molar-refractivity contribution < 1.29 is 14.7 Å². The van der Waals surface area contributed by atoms with E-state index in [9.17, 15) is 9.59 Å². The molecule has 1 aromatic heterocycles. The van der Waals surface area contributed by atoms with Crippen LogP contribution in [0.3, 0.4) is 0 Å². The maximum absolute atomic E-state index is 12.3. The first-order valence-electron chi connectivity index (χ1n) is 6.01. The molecule has 1 atom stereocenters. The molecule has 2 heterocycles. The van der Waals surface area contributed by atoms with E-state index in [1.165, 1.54) is 0 Å². The van der Waals surface area contributed by atoms with Crippen molar-refractivity contribution in [3.05, 3.63) is 17.5 Å². The lowest BCUT2D eigenvalue weighted by Gasteiger charge is -2.30. The SMILES string of the molecule is Cc1cn(C)nc1C(=O)N1CCCC(C(=O)O)C1. The summed E-state index contributed by atoms with van der Waals surface area (Å²) in [6.07, 6.45) is 3.15. The lowest BCUT2D eigenvalue weighted by molar-refractivity contribution is -0.143. The van der Waals surface area contributed by atoms with Gasteiger partial charge in [-0.3, -0.25) is 14.3 Å². The van der Waals surface area contributed by atoms with Gasteiger partial charge in [0, 0.05) is 31.9 Å². The number of amides is 1. The summed E-state index contributed by atoms with van der Waals surface area (Å²) in [6, 6.07) is 0. The van der Waals surface area contributed by atoms with E-state index in [0.29, 0.717) is 18.7 Å². The quantitative estimate of drug-likeness (QED) is 0.838. The minimum Gasteiger partial charge on any atom is -0.481 e. The molecule has 0 bridgehead atoms. The molecule has 2 rings (SSSR count). The Bertz CT molecular complexity index is 481. The number of piperidine rings is 1. The van der Waals surface area contributed by atoms with Gasteiger partial charge in [0.05, 0.1) is 5.92 Å². The second kappa shape index (κ2) is 4.80. The molecule has 0 radical (unpaired) electrons. The van der Waals surface area contributed by atoms with Crippen molar-refractivity contribution in [2.75, 3.05) is 13.1 Å². The summed E-state index contributed by atoms with van der Waals surface area (Å²) < 4.78 is 1.60. The summed E-state index contributed by atoms with van der Waals surface area (Å²) in [5, 5.41) is 13.1. The minimum atomic E-state index is -0.828. The highest BCUT2D eigenvalue weighted by Crippen LogP contribution is 2.19. The van der Waals surface area contributed by atoms with Crippen LogP contribution in [0.1, 0.15) is 28.9 Å². The first-order valence-corrected chi connectivity index (χ1v) is 6.01. The molecule has 6 nitrogen and oxygen atoms in total. The fourth-order valence-electron chi connectivity index (χ4n) is 2.33. The third kappa shape index (κ3) is 2.37. The third-order valence-electron chi connectivity index (χ3n) is 3.27. The highest BCUT2D eigenvalue weighted by Gasteiger charge is 2.30. The van der Waals surface area contributed by atoms with Crippen LogP contribution in [0.25, 0.3) is 0 Å². The van der Waals surface area contributed by atoms with Gasteiger partial charge in [0.25, 0.3) is 5.91 Å². The molecule has 0 aliphatic carbocycles. The Kier molecular flexibility index (Phi) is 3.36. The van der Waals surface area contributed by atoms with Crippen LogP contribution in [-0.2, 0) is 11.8 Å². The molecule has 1 unspecified atom stereocenters. The summed E-state index contributed by atoms with van der Waals surface area (Å²) in [4.78, 5) is 24.8. The fraction of sp³-hybridized carbons (Fsp3) is 0.583. The second-order valence-corrected chi connectivity index (χ2v) is 4.76. The molecular weight excluding hydrogens is 234 g/mol. The number of hydrogen-bond acceptors (Lipinski definition) is 3. The molecule has 1 saturated heterocycles. The van der Waals surface area contributed by atoms with E-state index in [1.807, 2.05) is 6.92 Å². The maximum Gasteiger partial charge on any atom is 0.308 e. The summed E-state index contributed by atoms with van der Waals surface area (Å²) in [5.74, 6) is -1.45. The van der Waals surface area contributed by atoms with E-state index in [4.69, 9.17) is 5.11 Å². The van der Waals surface area contributed by atoms with Crippen molar-refractivity contribution in [2.45, 2.75) is 19.8 Å². The molecule has 1 amide bonds. The van der Waals surface area contributed by atoms with E-state index in [-0.39, 0.29) is 12.5 Å². The molecule has 0 saturated carbocycles. The van der Waals surface area contributed by atoms with Gasteiger partial charge in [-0.25, -0.2) is 0 Å². The average molecular weight is 251 g/mol. The smallest absolute Gasteiger partial charge is 0.308 e. The average Bonchev–Trinajstić information content (AvgIpc) is 2.67. The topological polar surface area (TPSA) is 75.4 Å². The molecule has 0 spiro atoms. The van der Waals surface area contributed by atoms with Gasteiger partial charge >= 0.3 is 5.97 Å². The first-order chi connectivity index (χ1) is 8.49. The lowest BCUT2D eigenvalue weighted by atomic mass is 9.98. The van der Waals surface area contributed by atoms with Gasteiger partial charge < -0.3 is 10.0 Å². The monoisotopic (exact) mass is 251 g/mol. The summed E-state index contributed by atoms with van der Waals surface area (Å²) in [6.45, 7) is 2.72. The molecule has 1 N–H and O–H groups in total. The number of rotatable bonds is 2. The van der Waals surface area contributed by atoms with E-state index in [0.717, 1.165) is 12.0 Å². The number of aryl methyl sites for hydroxylation is 2. The maximum atomic E-state index is 12.3. The van der Waals surface area contributed by atoms with Crippen molar-refractivity contribution in [1.29, 1.82) is 0 Å². The highest BCUT2D eigenvalue weighted by molar-refractivity contribution is 5.94. The van der Waals surface area contributed by atoms with Gasteiger partial charge in [-0.15, -0.1) is 0 Å². The number of hydrogen-bond donors (Lipinski definition) is 1. The lowest BCUT2D eigenvalue weighted by Crippen LogP contribution is -2.42. The standard InChI is InChI=1S/C12H17N3O3/c1-8-6-14(2)13-10(8)11(16)15-5-3-4-9(7-15)12(17)18/h6,9H,3-5,7H2,1-2H3,(H,17,18). The molecule has 1 aromatic rings. The molecule has 18 heavy (non-hydrogen) atoms. The van der Waals surface area contributed by atoms with Crippen LogP contribution >= 0.6 is 0 Å². The summed E-state index contributed by atoms with van der Waals surface area (Å²) in [7, 11) is 1.76. The van der Waals surface area contributed by atoms with Gasteiger partial charge in [0.1, 0.15) is 0 Å². The number of likely N-dealkylation sites (tertiary alicyclic amines) is 1. The minimum absolute atomic E-state index is 0.168. The van der Waals surface area contributed by atoms with Gasteiger partial charge in [-0.2, -0.15) is 5.10 Å². The van der Waals surface area contributed by atoms with E-state index < -0.39 is 11.9 Å². The van der Waals surface area contributed by atoms with Gasteiger partial charge in [0.15, 0.2) is 5.69 Å². The number of aliphatic carboxylic acids is 1. The third-order valence-corrected chi connectivity index (χ3v) is 3.27. The van der Waals surface area contributed by atoms with Crippen molar-refractivity contribution >= 4 is 11.9 Å². The zero-order valence-electron chi connectivity index (χ0n) is 10.6. The van der Waals surface area contributed by atoms with Crippen LogP contribution in [0.5, 0.6) is 0 Å². The number of carboxylic acid groups (broad SMARTS) is 1. The van der Waals surface area contributed by atoms with Crippen molar-refractivity contribution in [3.8, 4) is 0 Å². The molecule has 6 heteroatoms. The predicted octanol–water partition coefficient (Wildman–Crippen LogP) is 0.665. The number of aromatic nitrogens is 2. The van der Waals surface area contributed by atoms with Crippen LogP contribution in [0.15, 0.2) is 6.20 Å². The predicted molar refractivity (Wildman–Crippen MR) is 64.2 cm³/mol. The van der Waals surface area contributed by atoms with Crippen molar-refractivity contribution in [1.82, 2.24) is 14.7 Å². The van der Waals surface area contributed by atoms with Gasteiger partial charge in [-0.05, 0) is 19.8 Å². The zero-order valence-corrected chi connectivity index (χ0v) is 10.6. The molecule has 1 fully saturated rings. The Labute approximate surface area is 105 Å². The number of carbonyl (C=O) groups excluding carboxylic acids is 1. The van der Waals surface area contributed by atoms with Crippen LogP contribution in [0, 0.1) is 12.8 Å². The molecule has 98 valence electrons. The normalized spacial score (nSPS) is 19.9. The Hall–Kier alpha value is -1.85. The molecule has 0 aromatic carbocycles. The largest absolute Gasteiger partial charge is 0.481 e. The van der Waals surface area contributed by atoms with Crippen molar-refractivity contribution in [2.24, 2.45) is 13.0 Å². The highest BCUT2D eigenvalue weighted by atomic mass is 16.4. The summed E-state index contributed by atoms with van der Waals surface area (Å²) in [5.41, 5.74) is 1.24. The molecular formula is C12H17N3O3. The van der Waals surface area contributed by atoms with E-state index in [2.05, 4.69) is 5.10 Å². The summed E-state index contributed by atoms with van der Waals surface area (Å²) >= 11 is 0. The Morgan fingerprint density at radius 3 is 2.78 bits per heavy atom. The molecule has 1 aliphatic heterocycles. The van der Waals surface area contributed by atoms with Crippen LogP contribution in [-0.4, -0.2) is 44.8 Å². The van der Waals surface area contributed by atoms with Crippen LogP contribution in [0.4, 0.5) is 0 Å². The first kappa shape index (κ1) is 12.6. The number of carbonyl (C=O) groups is 2.